The summed E-state index contributed by atoms with van der Waals surface area (Å²) >= 11 is 0. The lowest BCUT2D eigenvalue weighted by molar-refractivity contribution is -0.132. The predicted octanol–water partition coefficient (Wildman–Crippen LogP) is 3.74. The Labute approximate surface area is 205 Å². The van der Waals surface area contributed by atoms with Crippen LogP contribution in [-0.4, -0.2) is 73.7 Å². The zero-order valence-corrected chi connectivity index (χ0v) is 20.5. The van der Waals surface area contributed by atoms with Crippen LogP contribution in [0.2, 0.25) is 0 Å². The summed E-state index contributed by atoms with van der Waals surface area (Å²) in [6.07, 6.45) is -2.09. The Morgan fingerprint density at radius 3 is 2.46 bits per heavy atom. The van der Waals surface area contributed by atoms with Gasteiger partial charge in [-0.3, -0.25) is 9.69 Å². The van der Waals surface area contributed by atoms with Gasteiger partial charge in [-0.2, -0.15) is 0 Å². The molecule has 2 aliphatic rings. The van der Waals surface area contributed by atoms with Gasteiger partial charge in [-0.25, -0.2) is 4.79 Å². The van der Waals surface area contributed by atoms with Crippen LogP contribution in [0.3, 0.4) is 0 Å². The Kier molecular flexibility index (Phi) is 7.35. The molecule has 9 nitrogen and oxygen atoms in total. The number of carbonyl (C=O) groups excluding carboxylic acids is 1. The number of ether oxygens (including phenoxy) is 4. The van der Waals surface area contributed by atoms with Crippen LogP contribution >= 0.6 is 0 Å². The fourth-order valence-corrected chi connectivity index (χ4v) is 4.91. The SMILES string of the molecule is COc1ccc([C@@H]2[C@@H](OC(=O)O)[C@@H](c3ccc4c(c3)OCO4)CN2CC(=O)N(C)CC(C)C)cc1. The molecule has 2 aromatic rings. The van der Waals surface area contributed by atoms with Gasteiger partial charge in [0.15, 0.2) is 11.5 Å². The van der Waals surface area contributed by atoms with Gasteiger partial charge in [-0.05, 0) is 41.3 Å². The van der Waals surface area contributed by atoms with Crippen molar-refractivity contribution < 1.29 is 33.6 Å². The highest BCUT2D eigenvalue weighted by atomic mass is 16.7. The van der Waals surface area contributed by atoms with Gasteiger partial charge in [0.25, 0.3) is 0 Å². The summed E-state index contributed by atoms with van der Waals surface area (Å²) in [5.74, 6) is 1.95. The summed E-state index contributed by atoms with van der Waals surface area (Å²) in [4.78, 5) is 28.6. The van der Waals surface area contributed by atoms with Gasteiger partial charge in [0.05, 0.1) is 19.7 Å². The van der Waals surface area contributed by atoms with Crippen molar-refractivity contribution in [1.29, 1.82) is 0 Å². The van der Waals surface area contributed by atoms with Gasteiger partial charge in [-0.1, -0.05) is 32.0 Å². The summed E-state index contributed by atoms with van der Waals surface area (Å²) < 4.78 is 21.8. The monoisotopic (exact) mass is 484 g/mol. The van der Waals surface area contributed by atoms with E-state index in [2.05, 4.69) is 13.8 Å². The van der Waals surface area contributed by atoms with E-state index in [0.29, 0.717) is 36.3 Å². The van der Waals surface area contributed by atoms with E-state index in [0.717, 1.165) is 11.1 Å². The lowest BCUT2D eigenvalue weighted by Crippen LogP contribution is -2.40. The minimum Gasteiger partial charge on any atom is -0.497 e. The molecule has 3 atom stereocenters. The molecule has 2 heterocycles. The highest BCUT2D eigenvalue weighted by Gasteiger charge is 2.47. The maximum atomic E-state index is 13.1. The topological polar surface area (TPSA) is 97.8 Å². The number of likely N-dealkylation sites (tertiary alicyclic amines) is 1. The number of nitrogens with zero attached hydrogens (tertiary/aromatic N) is 2. The zero-order chi connectivity index (χ0) is 25.1. The summed E-state index contributed by atoms with van der Waals surface area (Å²) in [5, 5.41) is 9.62. The van der Waals surface area contributed by atoms with Crippen LogP contribution in [0, 0.1) is 5.92 Å². The fraction of sp³-hybridized carbons (Fsp3) is 0.462. The minimum absolute atomic E-state index is 0.0300. The van der Waals surface area contributed by atoms with E-state index in [1.54, 1.807) is 19.1 Å². The van der Waals surface area contributed by atoms with Crippen LogP contribution in [0.5, 0.6) is 17.2 Å². The molecule has 0 spiro atoms. The first kappa shape index (κ1) is 24.7. The molecule has 2 aromatic carbocycles. The number of methoxy groups -OCH3 is 1. The third kappa shape index (κ3) is 5.45. The second-order valence-corrected chi connectivity index (χ2v) is 9.38. The highest BCUT2D eigenvalue weighted by Crippen LogP contribution is 2.45. The van der Waals surface area contributed by atoms with E-state index in [1.165, 1.54) is 0 Å². The fourth-order valence-electron chi connectivity index (χ4n) is 4.91. The second kappa shape index (κ2) is 10.4. The van der Waals surface area contributed by atoms with Crippen molar-refractivity contribution in [3.05, 3.63) is 53.6 Å². The van der Waals surface area contributed by atoms with Gasteiger partial charge >= 0.3 is 6.16 Å². The van der Waals surface area contributed by atoms with E-state index >= 15 is 0 Å². The third-order valence-electron chi connectivity index (χ3n) is 6.45. The molecule has 1 saturated heterocycles. The maximum absolute atomic E-state index is 13.1. The molecule has 0 unspecified atom stereocenters. The first-order chi connectivity index (χ1) is 16.8. The smallest absolute Gasteiger partial charge is 0.497 e. The molecule has 35 heavy (non-hydrogen) atoms. The number of fused-ring (bicyclic) bond motifs is 1. The zero-order valence-electron chi connectivity index (χ0n) is 20.5. The second-order valence-electron chi connectivity index (χ2n) is 9.38. The van der Waals surface area contributed by atoms with Crippen molar-refractivity contribution in [2.45, 2.75) is 31.9 Å². The van der Waals surface area contributed by atoms with Crippen LogP contribution in [0.1, 0.15) is 36.9 Å². The van der Waals surface area contributed by atoms with Crippen LogP contribution < -0.4 is 14.2 Å². The van der Waals surface area contributed by atoms with E-state index < -0.39 is 18.3 Å². The molecule has 2 aliphatic heterocycles. The molecule has 1 amide bonds. The molecule has 0 bridgehead atoms. The lowest BCUT2D eigenvalue weighted by atomic mass is 9.90. The van der Waals surface area contributed by atoms with Crippen molar-refractivity contribution >= 4 is 12.1 Å². The van der Waals surface area contributed by atoms with Crippen LogP contribution in [-0.2, 0) is 9.53 Å². The summed E-state index contributed by atoms with van der Waals surface area (Å²) in [6.45, 7) is 5.49. The molecule has 0 aliphatic carbocycles. The number of carboxylic acid groups (broad SMARTS) is 1. The van der Waals surface area contributed by atoms with Crippen LogP contribution in [0.4, 0.5) is 4.79 Å². The van der Waals surface area contributed by atoms with Gasteiger partial charge < -0.3 is 29.0 Å². The van der Waals surface area contributed by atoms with Crippen molar-refractivity contribution in [2.75, 3.05) is 40.6 Å². The highest BCUT2D eigenvalue weighted by molar-refractivity contribution is 5.78. The molecule has 1 N–H and O–H groups in total. The Morgan fingerprint density at radius 2 is 1.80 bits per heavy atom. The maximum Gasteiger partial charge on any atom is 0.506 e. The first-order valence-electron chi connectivity index (χ1n) is 11.7. The number of hydrogen-bond acceptors (Lipinski definition) is 7. The molecule has 1 fully saturated rings. The minimum atomic E-state index is -1.36. The van der Waals surface area contributed by atoms with Crippen LogP contribution in [0.25, 0.3) is 0 Å². The number of likely N-dealkylation sites (N-methyl/N-ethyl adjacent to an activating group) is 1. The van der Waals surface area contributed by atoms with Crippen molar-refractivity contribution in [1.82, 2.24) is 9.80 Å². The molecule has 4 rings (SSSR count). The summed E-state index contributed by atoms with van der Waals surface area (Å²) in [6, 6.07) is 12.6. The molecular weight excluding hydrogens is 452 g/mol. The third-order valence-corrected chi connectivity index (χ3v) is 6.45. The molecule has 0 aromatic heterocycles. The molecule has 9 heteroatoms. The average Bonchev–Trinajstić information content (AvgIpc) is 3.42. The van der Waals surface area contributed by atoms with E-state index in [-0.39, 0.29) is 25.2 Å². The Bertz CT molecular complexity index is 1060. The van der Waals surface area contributed by atoms with Crippen molar-refractivity contribution in [3.63, 3.8) is 0 Å². The normalized spacial score (nSPS) is 21.2. The van der Waals surface area contributed by atoms with Crippen molar-refractivity contribution in [2.24, 2.45) is 5.92 Å². The van der Waals surface area contributed by atoms with Gasteiger partial charge in [0.1, 0.15) is 11.9 Å². The number of benzene rings is 2. The standard InChI is InChI=1S/C26H32N2O7/c1-16(2)12-27(3)23(29)14-28-13-20(18-7-10-21-22(11-18)34-15-33-21)25(35-26(30)31)24(28)17-5-8-19(32-4)9-6-17/h5-11,16,20,24-25H,12-15H2,1-4H3,(H,30,31)/t20-,24-,25+/m1/s1. The Balaban J connectivity index is 1.70. The molecule has 0 saturated carbocycles. The van der Waals surface area contributed by atoms with E-state index in [9.17, 15) is 14.7 Å². The largest absolute Gasteiger partial charge is 0.506 e. The van der Waals surface area contributed by atoms with Gasteiger partial charge in [0.2, 0.25) is 12.7 Å². The van der Waals surface area contributed by atoms with Gasteiger partial charge in [0, 0.05) is 26.1 Å². The number of rotatable bonds is 8. The van der Waals surface area contributed by atoms with E-state index in [4.69, 9.17) is 18.9 Å². The first-order valence-corrected chi connectivity index (χ1v) is 11.7. The Morgan fingerprint density at radius 1 is 1.11 bits per heavy atom. The molecular formula is C26H32N2O7. The number of amides is 1. The van der Waals surface area contributed by atoms with Gasteiger partial charge in [-0.15, -0.1) is 0 Å². The number of carbonyl (C=O) groups is 2. The quantitative estimate of drug-likeness (QED) is 0.566. The summed E-state index contributed by atoms with van der Waals surface area (Å²) in [7, 11) is 3.38. The molecule has 0 radical (unpaired) electrons. The Hall–Kier alpha value is -3.46. The average molecular weight is 485 g/mol. The summed E-state index contributed by atoms with van der Waals surface area (Å²) in [5.41, 5.74) is 1.71. The number of hydrogen-bond donors (Lipinski definition) is 1. The van der Waals surface area contributed by atoms with Crippen molar-refractivity contribution in [3.8, 4) is 17.2 Å². The predicted molar refractivity (Wildman–Crippen MR) is 128 cm³/mol. The van der Waals surface area contributed by atoms with Crippen LogP contribution in [0.15, 0.2) is 42.5 Å². The molecule has 188 valence electrons. The van der Waals surface area contributed by atoms with E-state index in [1.807, 2.05) is 47.4 Å². The lowest BCUT2D eigenvalue weighted by Gasteiger charge is -2.29.